The summed E-state index contributed by atoms with van der Waals surface area (Å²) < 4.78 is 40.2. The van der Waals surface area contributed by atoms with Crippen molar-refractivity contribution in [1.29, 1.82) is 0 Å². The van der Waals surface area contributed by atoms with Crippen LogP contribution in [0.3, 0.4) is 0 Å². The monoisotopic (exact) mass is 458 g/mol. The summed E-state index contributed by atoms with van der Waals surface area (Å²) in [6, 6.07) is 12.5. The quantitative estimate of drug-likeness (QED) is 0.636. The third-order valence-electron chi connectivity index (χ3n) is 6.21. The van der Waals surface area contributed by atoms with Crippen molar-refractivity contribution < 1.29 is 22.7 Å². The fraction of sp³-hybridized carbons (Fsp3) is 0.458. The van der Waals surface area contributed by atoms with Gasteiger partial charge in [0.05, 0.1) is 18.1 Å². The summed E-state index contributed by atoms with van der Waals surface area (Å²) in [6.07, 6.45) is 2.29. The zero-order valence-corrected chi connectivity index (χ0v) is 19.6. The molecule has 2 aromatic carbocycles. The maximum atomic E-state index is 13.8. The number of hydrogen-bond donors (Lipinski definition) is 0. The van der Waals surface area contributed by atoms with Crippen molar-refractivity contribution >= 4 is 21.6 Å². The molecule has 8 heteroatoms. The molecular formula is C24H30N2O5S. The fourth-order valence-corrected chi connectivity index (χ4v) is 6.18. The van der Waals surface area contributed by atoms with Crippen LogP contribution in [0.15, 0.2) is 47.4 Å². The number of anilines is 1. The van der Waals surface area contributed by atoms with Crippen molar-refractivity contribution in [1.82, 2.24) is 4.31 Å². The maximum absolute atomic E-state index is 13.8. The van der Waals surface area contributed by atoms with Crippen LogP contribution in [0.5, 0.6) is 5.75 Å². The number of carbonyl (C=O) groups is 1. The Hall–Kier alpha value is -2.42. The molecule has 2 heterocycles. The summed E-state index contributed by atoms with van der Waals surface area (Å²) in [7, 11) is -2.21. The third-order valence-corrected chi connectivity index (χ3v) is 8.02. The minimum atomic E-state index is -3.79. The molecule has 2 atom stereocenters. The number of methoxy groups -OCH3 is 1. The SMILES string of the molecule is COc1ccccc1CN(C[C@H]1CCCO1)S(=O)(=O)c1ccc2c(c1)C[C@H](C)N2C(C)=O. The van der Waals surface area contributed by atoms with Gasteiger partial charge in [-0.15, -0.1) is 0 Å². The lowest BCUT2D eigenvalue weighted by atomic mass is 10.1. The predicted octanol–water partition coefficient (Wildman–Crippen LogP) is 3.36. The van der Waals surface area contributed by atoms with E-state index in [4.69, 9.17) is 9.47 Å². The molecule has 2 aliphatic heterocycles. The van der Waals surface area contributed by atoms with Gasteiger partial charge in [-0.25, -0.2) is 8.42 Å². The Morgan fingerprint density at radius 2 is 2.03 bits per heavy atom. The molecule has 1 saturated heterocycles. The Bertz CT molecular complexity index is 1100. The average Bonchev–Trinajstić information content (AvgIpc) is 3.39. The standard InChI is InChI=1S/C24H30N2O5S/c1-17-13-20-14-22(10-11-23(20)26(17)18(2)27)32(28,29)25(16-21-8-6-12-31-21)15-19-7-4-5-9-24(19)30-3/h4-5,7,9-11,14,17,21H,6,8,12-13,15-16H2,1-3H3/t17-,21+/m0/s1. The first kappa shape index (κ1) is 22.8. The van der Waals surface area contributed by atoms with Gasteiger partial charge < -0.3 is 14.4 Å². The van der Waals surface area contributed by atoms with Gasteiger partial charge in [0.2, 0.25) is 15.9 Å². The number of fused-ring (bicyclic) bond motifs is 1. The van der Waals surface area contributed by atoms with Crippen LogP contribution in [0.4, 0.5) is 5.69 Å². The summed E-state index contributed by atoms with van der Waals surface area (Å²) in [5, 5.41) is 0. The smallest absolute Gasteiger partial charge is 0.243 e. The molecule has 0 unspecified atom stereocenters. The Morgan fingerprint density at radius 1 is 1.25 bits per heavy atom. The van der Waals surface area contributed by atoms with E-state index >= 15 is 0 Å². The van der Waals surface area contributed by atoms with Gasteiger partial charge in [-0.1, -0.05) is 18.2 Å². The highest BCUT2D eigenvalue weighted by atomic mass is 32.2. The zero-order valence-electron chi connectivity index (χ0n) is 18.8. The highest BCUT2D eigenvalue weighted by Crippen LogP contribution is 2.35. The molecule has 2 aromatic rings. The first-order valence-electron chi connectivity index (χ1n) is 11.0. The second-order valence-corrected chi connectivity index (χ2v) is 10.4. The van der Waals surface area contributed by atoms with E-state index in [0.29, 0.717) is 18.8 Å². The number of sulfonamides is 1. The lowest BCUT2D eigenvalue weighted by Gasteiger charge is -2.26. The van der Waals surface area contributed by atoms with Crippen molar-refractivity contribution in [3.05, 3.63) is 53.6 Å². The van der Waals surface area contributed by atoms with E-state index in [0.717, 1.165) is 29.7 Å². The number of carbonyl (C=O) groups excluding carboxylic acids is 1. The van der Waals surface area contributed by atoms with E-state index < -0.39 is 10.0 Å². The van der Waals surface area contributed by atoms with Crippen LogP contribution < -0.4 is 9.64 Å². The van der Waals surface area contributed by atoms with Gasteiger partial charge >= 0.3 is 0 Å². The van der Waals surface area contributed by atoms with Crippen LogP contribution in [-0.4, -0.2) is 51.0 Å². The number of para-hydroxylation sites is 1. The van der Waals surface area contributed by atoms with Crippen molar-refractivity contribution in [3.8, 4) is 5.75 Å². The largest absolute Gasteiger partial charge is 0.496 e. The highest BCUT2D eigenvalue weighted by molar-refractivity contribution is 7.89. The maximum Gasteiger partial charge on any atom is 0.243 e. The third kappa shape index (κ3) is 4.40. The summed E-state index contributed by atoms with van der Waals surface area (Å²) in [5.41, 5.74) is 2.47. The van der Waals surface area contributed by atoms with Crippen LogP contribution in [0.25, 0.3) is 0 Å². The summed E-state index contributed by atoms with van der Waals surface area (Å²) in [4.78, 5) is 14.0. The fourth-order valence-electron chi connectivity index (χ4n) is 4.68. The molecule has 0 aliphatic carbocycles. The van der Waals surface area contributed by atoms with Crippen LogP contribution >= 0.6 is 0 Å². The molecule has 1 fully saturated rings. The number of amides is 1. The minimum absolute atomic E-state index is 0.0111. The lowest BCUT2D eigenvalue weighted by Crippen LogP contribution is -2.37. The van der Waals surface area contributed by atoms with Gasteiger partial charge in [-0.05, 0) is 56.0 Å². The first-order chi connectivity index (χ1) is 15.3. The van der Waals surface area contributed by atoms with Gasteiger partial charge in [0.25, 0.3) is 0 Å². The Kier molecular flexibility index (Phi) is 6.55. The van der Waals surface area contributed by atoms with Crippen molar-refractivity contribution in [2.24, 2.45) is 0 Å². The van der Waals surface area contributed by atoms with E-state index in [1.54, 1.807) is 30.2 Å². The normalized spacial score (nSPS) is 20.6. The van der Waals surface area contributed by atoms with Gasteiger partial charge in [0, 0.05) is 43.9 Å². The number of hydrogen-bond acceptors (Lipinski definition) is 5. The van der Waals surface area contributed by atoms with E-state index in [1.807, 2.05) is 31.2 Å². The van der Waals surface area contributed by atoms with Crippen molar-refractivity contribution in [2.45, 2.75) is 56.7 Å². The summed E-state index contributed by atoms with van der Waals surface area (Å²) in [6.45, 7) is 4.64. The molecule has 0 bridgehead atoms. The molecule has 0 aromatic heterocycles. The van der Waals surface area contributed by atoms with E-state index in [1.165, 1.54) is 11.2 Å². The second-order valence-electron chi connectivity index (χ2n) is 8.48. The topological polar surface area (TPSA) is 76.2 Å². The molecule has 32 heavy (non-hydrogen) atoms. The first-order valence-corrected chi connectivity index (χ1v) is 12.4. The number of benzene rings is 2. The number of ether oxygens (including phenoxy) is 2. The highest BCUT2D eigenvalue weighted by Gasteiger charge is 2.33. The lowest BCUT2D eigenvalue weighted by molar-refractivity contribution is -0.116. The van der Waals surface area contributed by atoms with Crippen LogP contribution in [0.1, 0.15) is 37.8 Å². The molecule has 0 radical (unpaired) electrons. The summed E-state index contributed by atoms with van der Waals surface area (Å²) >= 11 is 0. The molecule has 0 saturated carbocycles. The van der Waals surface area contributed by atoms with E-state index in [9.17, 15) is 13.2 Å². The Balaban J connectivity index is 1.68. The molecule has 7 nitrogen and oxygen atoms in total. The summed E-state index contributed by atoms with van der Waals surface area (Å²) in [5.74, 6) is 0.614. The average molecular weight is 459 g/mol. The van der Waals surface area contributed by atoms with Gasteiger partial charge in [-0.2, -0.15) is 4.31 Å². The molecule has 0 spiro atoms. The second kappa shape index (κ2) is 9.21. The number of rotatable bonds is 7. The van der Waals surface area contributed by atoms with E-state index in [-0.39, 0.29) is 36.0 Å². The molecule has 172 valence electrons. The predicted molar refractivity (Wildman–Crippen MR) is 122 cm³/mol. The Morgan fingerprint density at radius 3 is 2.72 bits per heavy atom. The van der Waals surface area contributed by atoms with Crippen molar-refractivity contribution in [2.75, 3.05) is 25.2 Å². The van der Waals surface area contributed by atoms with Crippen LogP contribution in [0, 0.1) is 0 Å². The zero-order chi connectivity index (χ0) is 22.9. The molecule has 2 aliphatic rings. The van der Waals surface area contributed by atoms with Crippen LogP contribution in [0.2, 0.25) is 0 Å². The van der Waals surface area contributed by atoms with Gasteiger partial charge in [0.1, 0.15) is 5.75 Å². The van der Waals surface area contributed by atoms with Crippen molar-refractivity contribution in [3.63, 3.8) is 0 Å². The molecule has 4 rings (SSSR count). The Labute approximate surface area is 190 Å². The number of nitrogens with zero attached hydrogens (tertiary/aromatic N) is 2. The molecule has 0 N–H and O–H groups in total. The molecule has 1 amide bonds. The van der Waals surface area contributed by atoms with Gasteiger partial charge in [-0.3, -0.25) is 4.79 Å². The van der Waals surface area contributed by atoms with Crippen LogP contribution in [-0.2, 0) is 32.5 Å². The van der Waals surface area contributed by atoms with E-state index in [2.05, 4.69) is 0 Å². The molecular weight excluding hydrogens is 428 g/mol. The minimum Gasteiger partial charge on any atom is -0.496 e. The van der Waals surface area contributed by atoms with Gasteiger partial charge in [0.15, 0.2) is 0 Å².